The molecule has 1 amide bonds. The van der Waals surface area contributed by atoms with Gasteiger partial charge in [0.05, 0.1) is 35.2 Å². The van der Waals surface area contributed by atoms with Gasteiger partial charge in [0.1, 0.15) is 12.2 Å². The third-order valence-electron chi connectivity index (χ3n) is 6.88. The van der Waals surface area contributed by atoms with Crippen LogP contribution in [-0.2, 0) is 31.3 Å². The van der Waals surface area contributed by atoms with Crippen LogP contribution in [0.5, 0.6) is 0 Å². The first kappa shape index (κ1) is 27.3. The van der Waals surface area contributed by atoms with E-state index in [9.17, 15) is 19.5 Å². The number of hydrogen-bond acceptors (Lipinski definition) is 9. The Morgan fingerprint density at radius 2 is 2.08 bits per heavy atom. The molecule has 40 heavy (non-hydrogen) atoms. The molecular weight excluding hydrogens is 516 g/mol. The molecule has 2 aliphatic rings. The van der Waals surface area contributed by atoms with E-state index >= 15 is 0 Å². The summed E-state index contributed by atoms with van der Waals surface area (Å²) in [6.45, 7) is 7.76. The Balaban J connectivity index is 1.37. The van der Waals surface area contributed by atoms with Crippen LogP contribution < -0.4 is 10.9 Å². The maximum atomic E-state index is 13.8. The molecule has 2 N–H and O–H groups in total. The molecule has 2 aromatic heterocycles. The zero-order chi connectivity index (χ0) is 28.7. The number of aromatic nitrogens is 2. The molecule has 0 aliphatic carbocycles. The highest BCUT2D eigenvalue weighted by atomic mass is 16.6. The first-order chi connectivity index (χ1) is 19.0. The van der Waals surface area contributed by atoms with Crippen molar-refractivity contribution in [2.75, 3.05) is 13.2 Å². The normalized spacial score (nSPS) is 19.6. The van der Waals surface area contributed by atoms with E-state index in [0.29, 0.717) is 30.9 Å². The second-order valence-corrected chi connectivity index (χ2v) is 10.8. The van der Waals surface area contributed by atoms with E-state index in [0.717, 1.165) is 16.5 Å². The number of para-hydroxylation sites is 1. The number of oxime groups is 1. The standard InChI is InChI=1S/C29H32N4O7/c1-5-29(37)19-14-21-24-18(13-17-9-6-7-10-20(17)32-24)16-33(21)25(34)23(19)22(39-26(29)35)15-31-38-12-8-11-30-27(36)40-28(2,3)4/h6-7,9-10,13-15,22,37H,5,8,11-12,16H2,1-4H3,(H,30,36)/b31-15+/t22?,29-/m0/s1. The van der Waals surface area contributed by atoms with Gasteiger partial charge in [-0.3, -0.25) is 4.79 Å². The topological polar surface area (TPSA) is 141 Å². The molecule has 0 spiro atoms. The van der Waals surface area contributed by atoms with Crippen LogP contribution in [0.2, 0.25) is 0 Å². The number of hydrogen-bond donors (Lipinski definition) is 2. The lowest BCUT2D eigenvalue weighted by Crippen LogP contribution is -2.46. The van der Waals surface area contributed by atoms with Crippen molar-refractivity contribution in [3.8, 4) is 11.4 Å². The molecule has 1 aromatic carbocycles. The molecule has 5 rings (SSSR count). The number of aliphatic hydroxyl groups is 1. The largest absolute Gasteiger partial charge is 0.449 e. The molecule has 11 heteroatoms. The van der Waals surface area contributed by atoms with Gasteiger partial charge < -0.3 is 29.3 Å². The Morgan fingerprint density at radius 1 is 1.30 bits per heavy atom. The molecule has 0 fully saturated rings. The van der Waals surface area contributed by atoms with Crippen LogP contribution >= 0.6 is 0 Å². The predicted octanol–water partition coefficient (Wildman–Crippen LogP) is 3.54. The molecule has 0 radical (unpaired) electrons. The van der Waals surface area contributed by atoms with Gasteiger partial charge >= 0.3 is 12.1 Å². The molecule has 11 nitrogen and oxygen atoms in total. The van der Waals surface area contributed by atoms with Crippen molar-refractivity contribution in [1.29, 1.82) is 0 Å². The molecule has 2 aliphatic heterocycles. The van der Waals surface area contributed by atoms with E-state index in [2.05, 4.69) is 10.5 Å². The Bertz CT molecular complexity index is 1570. The number of pyridine rings is 2. The summed E-state index contributed by atoms with van der Waals surface area (Å²) in [7, 11) is 0. The number of amides is 1. The van der Waals surface area contributed by atoms with Gasteiger partial charge in [0.25, 0.3) is 5.56 Å². The fourth-order valence-electron chi connectivity index (χ4n) is 4.92. The molecule has 3 aromatic rings. The highest BCUT2D eigenvalue weighted by Gasteiger charge is 2.48. The lowest BCUT2D eigenvalue weighted by Gasteiger charge is -2.34. The van der Waals surface area contributed by atoms with Crippen molar-refractivity contribution in [2.45, 2.75) is 64.4 Å². The number of cyclic esters (lactones) is 1. The van der Waals surface area contributed by atoms with E-state index in [-0.39, 0.29) is 24.2 Å². The molecule has 2 atom stereocenters. The minimum absolute atomic E-state index is 0.0186. The zero-order valence-electron chi connectivity index (χ0n) is 22.9. The summed E-state index contributed by atoms with van der Waals surface area (Å²) < 4.78 is 12.2. The van der Waals surface area contributed by atoms with E-state index in [4.69, 9.17) is 19.3 Å². The summed E-state index contributed by atoms with van der Waals surface area (Å²) >= 11 is 0. The molecule has 0 saturated carbocycles. The third kappa shape index (κ3) is 5.04. The summed E-state index contributed by atoms with van der Waals surface area (Å²) in [6.07, 6.45) is 0.0307. The number of nitrogens with zero attached hydrogens (tertiary/aromatic N) is 3. The Kier molecular flexibility index (Phi) is 7.09. The molecule has 0 saturated heterocycles. The Labute approximate surface area is 230 Å². The average molecular weight is 549 g/mol. The van der Waals surface area contributed by atoms with E-state index < -0.39 is 34.9 Å². The maximum absolute atomic E-state index is 13.8. The SMILES string of the molecule is CC[C@@]1(O)C(=O)OC(/C=N/OCCCNC(=O)OC(C)(C)C)c2c1cc1n(c2=O)Cc2cc3ccccc3nc2-1. The lowest BCUT2D eigenvalue weighted by molar-refractivity contribution is -0.174. The number of carbonyl (C=O) groups is 2. The molecule has 210 valence electrons. The van der Waals surface area contributed by atoms with Gasteiger partial charge in [0.2, 0.25) is 0 Å². The fourth-order valence-corrected chi connectivity index (χ4v) is 4.92. The van der Waals surface area contributed by atoms with Crippen molar-refractivity contribution in [3.05, 3.63) is 63.4 Å². The van der Waals surface area contributed by atoms with Gasteiger partial charge in [-0.1, -0.05) is 30.3 Å². The number of fused-ring (bicyclic) bond motifs is 5. The number of nitrogens with one attached hydrogen (secondary N) is 1. The number of carbonyl (C=O) groups excluding carboxylic acids is 2. The highest BCUT2D eigenvalue weighted by molar-refractivity contribution is 5.89. The highest BCUT2D eigenvalue weighted by Crippen LogP contribution is 2.41. The molecule has 4 heterocycles. The summed E-state index contributed by atoms with van der Waals surface area (Å²) in [5.41, 5.74) is 0.184. The summed E-state index contributed by atoms with van der Waals surface area (Å²) in [6, 6.07) is 11.3. The Morgan fingerprint density at radius 3 is 2.83 bits per heavy atom. The molecule has 1 unspecified atom stereocenters. The molecular formula is C29H32N4O7. The van der Waals surface area contributed by atoms with Crippen molar-refractivity contribution in [1.82, 2.24) is 14.9 Å². The first-order valence-corrected chi connectivity index (χ1v) is 13.2. The van der Waals surface area contributed by atoms with Gasteiger partial charge in [-0.2, -0.15) is 0 Å². The van der Waals surface area contributed by atoms with Crippen LogP contribution in [0, 0.1) is 0 Å². The monoisotopic (exact) mass is 548 g/mol. The van der Waals surface area contributed by atoms with Gasteiger partial charge in [-0.25, -0.2) is 14.6 Å². The van der Waals surface area contributed by atoms with Crippen LogP contribution in [0.1, 0.15) is 63.3 Å². The van der Waals surface area contributed by atoms with Gasteiger partial charge in [-0.05, 0) is 45.4 Å². The Hall–Kier alpha value is -4.25. The van der Waals surface area contributed by atoms with Crippen LogP contribution in [0.25, 0.3) is 22.3 Å². The van der Waals surface area contributed by atoms with Gasteiger partial charge in [0.15, 0.2) is 11.7 Å². The van der Waals surface area contributed by atoms with Crippen LogP contribution in [-0.4, -0.2) is 51.7 Å². The number of benzene rings is 1. The van der Waals surface area contributed by atoms with Crippen molar-refractivity contribution >= 4 is 29.2 Å². The molecule has 0 bridgehead atoms. The zero-order valence-corrected chi connectivity index (χ0v) is 22.9. The van der Waals surface area contributed by atoms with Crippen molar-refractivity contribution in [2.24, 2.45) is 5.16 Å². The lowest BCUT2D eigenvalue weighted by atomic mass is 9.83. The quantitative estimate of drug-likeness (QED) is 0.155. The van der Waals surface area contributed by atoms with Crippen molar-refractivity contribution in [3.63, 3.8) is 0 Å². The van der Waals surface area contributed by atoms with E-state index in [1.54, 1.807) is 38.3 Å². The van der Waals surface area contributed by atoms with Crippen LogP contribution in [0.15, 0.2) is 46.3 Å². The average Bonchev–Trinajstić information content (AvgIpc) is 3.26. The van der Waals surface area contributed by atoms with Crippen molar-refractivity contribution < 1.29 is 29.0 Å². The second kappa shape index (κ2) is 10.4. The minimum atomic E-state index is -1.98. The van der Waals surface area contributed by atoms with Gasteiger partial charge in [0, 0.05) is 29.5 Å². The number of esters is 1. The van der Waals surface area contributed by atoms with Crippen LogP contribution in [0.3, 0.4) is 0 Å². The minimum Gasteiger partial charge on any atom is -0.449 e. The fraction of sp³-hybridized carbons (Fsp3) is 0.414. The third-order valence-corrected chi connectivity index (χ3v) is 6.88. The smallest absolute Gasteiger partial charge is 0.407 e. The van der Waals surface area contributed by atoms with Crippen LogP contribution in [0.4, 0.5) is 4.79 Å². The maximum Gasteiger partial charge on any atom is 0.407 e. The summed E-state index contributed by atoms with van der Waals surface area (Å²) in [5.74, 6) is -0.866. The number of rotatable bonds is 7. The van der Waals surface area contributed by atoms with E-state index in [1.165, 1.54) is 6.21 Å². The first-order valence-electron chi connectivity index (χ1n) is 13.2. The predicted molar refractivity (Wildman–Crippen MR) is 147 cm³/mol. The second-order valence-electron chi connectivity index (χ2n) is 10.8. The number of alkyl carbamates (subject to hydrolysis) is 1. The van der Waals surface area contributed by atoms with Gasteiger partial charge in [-0.15, -0.1) is 0 Å². The van der Waals surface area contributed by atoms with E-state index in [1.807, 2.05) is 30.3 Å². The number of ether oxygens (including phenoxy) is 2. The summed E-state index contributed by atoms with van der Waals surface area (Å²) in [4.78, 5) is 48.5. The summed E-state index contributed by atoms with van der Waals surface area (Å²) in [5, 5.41) is 18.8.